The molecule has 0 fully saturated rings. The molecule has 0 radical (unpaired) electrons. The van der Waals surface area contributed by atoms with Crippen LogP contribution in [0.15, 0.2) is 29.8 Å². The highest BCUT2D eigenvalue weighted by Crippen LogP contribution is 2.25. The molecule has 2 aromatic heterocycles. The third-order valence-corrected chi connectivity index (χ3v) is 4.11. The SMILES string of the molecule is COc1nc2sccn2c1CNc1cc(C)ccc1C. The van der Waals surface area contributed by atoms with Crippen LogP contribution in [0.25, 0.3) is 4.96 Å². The van der Waals surface area contributed by atoms with E-state index in [1.807, 2.05) is 11.6 Å². The van der Waals surface area contributed by atoms with Crippen molar-refractivity contribution in [3.63, 3.8) is 0 Å². The summed E-state index contributed by atoms with van der Waals surface area (Å²) >= 11 is 1.61. The molecule has 0 saturated carbocycles. The standard InChI is InChI=1S/C15H17N3OS/c1-10-4-5-11(2)12(8-10)16-9-13-14(19-3)17-15-18(13)6-7-20-15/h4-8,16H,9H2,1-3H3. The predicted octanol–water partition coefficient (Wildman–Crippen LogP) is 3.63. The van der Waals surface area contributed by atoms with Crippen LogP contribution in [0.3, 0.4) is 0 Å². The highest BCUT2D eigenvalue weighted by molar-refractivity contribution is 7.15. The van der Waals surface area contributed by atoms with Gasteiger partial charge in [-0.2, -0.15) is 4.98 Å². The minimum absolute atomic E-state index is 0.686. The zero-order chi connectivity index (χ0) is 14.1. The zero-order valence-electron chi connectivity index (χ0n) is 11.8. The molecule has 0 saturated heterocycles. The first-order chi connectivity index (χ1) is 9.69. The third kappa shape index (κ3) is 2.25. The normalized spacial score (nSPS) is 10.9. The summed E-state index contributed by atoms with van der Waals surface area (Å²) in [5.41, 5.74) is 4.68. The Hall–Kier alpha value is -2.01. The number of nitrogens with one attached hydrogen (secondary N) is 1. The van der Waals surface area contributed by atoms with Crippen LogP contribution in [0, 0.1) is 13.8 Å². The van der Waals surface area contributed by atoms with Crippen LogP contribution in [0.1, 0.15) is 16.8 Å². The maximum atomic E-state index is 5.37. The molecule has 3 rings (SSSR count). The molecule has 4 nitrogen and oxygen atoms in total. The van der Waals surface area contributed by atoms with Crippen molar-refractivity contribution >= 4 is 22.0 Å². The number of methoxy groups -OCH3 is 1. The fraction of sp³-hybridized carbons (Fsp3) is 0.267. The number of imidazole rings is 1. The second-order valence-corrected chi connectivity index (χ2v) is 5.67. The molecule has 0 unspecified atom stereocenters. The minimum Gasteiger partial charge on any atom is -0.480 e. The van der Waals surface area contributed by atoms with Crippen molar-refractivity contribution in [2.45, 2.75) is 20.4 Å². The number of rotatable bonds is 4. The molecule has 3 aromatic rings. The molecule has 0 bridgehead atoms. The lowest BCUT2D eigenvalue weighted by Gasteiger charge is -2.10. The van der Waals surface area contributed by atoms with E-state index in [-0.39, 0.29) is 0 Å². The summed E-state index contributed by atoms with van der Waals surface area (Å²) in [7, 11) is 1.66. The number of hydrogen-bond donors (Lipinski definition) is 1. The number of fused-ring (bicyclic) bond motifs is 1. The van der Waals surface area contributed by atoms with E-state index in [1.165, 1.54) is 11.1 Å². The highest BCUT2D eigenvalue weighted by Gasteiger charge is 2.13. The maximum absolute atomic E-state index is 5.37. The first-order valence-electron chi connectivity index (χ1n) is 6.48. The van der Waals surface area contributed by atoms with E-state index in [9.17, 15) is 0 Å². The number of aryl methyl sites for hydroxylation is 2. The molecule has 20 heavy (non-hydrogen) atoms. The van der Waals surface area contributed by atoms with Crippen molar-refractivity contribution in [2.75, 3.05) is 12.4 Å². The largest absolute Gasteiger partial charge is 0.480 e. The Balaban J connectivity index is 1.89. The van der Waals surface area contributed by atoms with Crippen LogP contribution in [-0.4, -0.2) is 16.5 Å². The molecule has 0 atom stereocenters. The summed E-state index contributed by atoms with van der Waals surface area (Å²) in [6, 6.07) is 6.41. The van der Waals surface area contributed by atoms with Gasteiger partial charge in [0, 0.05) is 17.3 Å². The van der Waals surface area contributed by atoms with Gasteiger partial charge in [0.05, 0.1) is 13.7 Å². The number of anilines is 1. The quantitative estimate of drug-likeness (QED) is 0.796. The topological polar surface area (TPSA) is 38.6 Å². The molecule has 5 heteroatoms. The lowest BCUT2D eigenvalue weighted by molar-refractivity contribution is 0.395. The molecule has 1 aromatic carbocycles. The van der Waals surface area contributed by atoms with Crippen LogP contribution in [-0.2, 0) is 6.54 Å². The number of thiazole rings is 1. The number of benzene rings is 1. The fourth-order valence-corrected chi connectivity index (χ4v) is 2.97. The summed E-state index contributed by atoms with van der Waals surface area (Å²) in [5.74, 6) is 0.689. The van der Waals surface area contributed by atoms with E-state index in [0.717, 1.165) is 16.3 Å². The Labute approximate surface area is 122 Å². The number of ether oxygens (including phenoxy) is 1. The van der Waals surface area contributed by atoms with E-state index in [1.54, 1.807) is 18.4 Å². The predicted molar refractivity (Wildman–Crippen MR) is 82.9 cm³/mol. The van der Waals surface area contributed by atoms with Gasteiger partial charge in [0.2, 0.25) is 5.88 Å². The number of nitrogens with zero attached hydrogens (tertiary/aromatic N) is 2. The molecular formula is C15H17N3OS. The maximum Gasteiger partial charge on any atom is 0.238 e. The fourth-order valence-electron chi connectivity index (χ4n) is 2.24. The van der Waals surface area contributed by atoms with Gasteiger partial charge in [-0.3, -0.25) is 4.40 Å². The Morgan fingerprint density at radius 3 is 3.00 bits per heavy atom. The zero-order valence-corrected chi connectivity index (χ0v) is 12.6. The first-order valence-corrected chi connectivity index (χ1v) is 7.36. The average Bonchev–Trinajstić information content (AvgIpc) is 3.00. The Morgan fingerprint density at radius 1 is 1.35 bits per heavy atom. The van der Waals surface area contributed by atoms with Crippen molar-refractivity contribution in [1.82, 2.24) is 9.38 Å². The number of aromatic nitrogens is 2. The van der Waals surface area contributed by atoms with Crippen molar-refractivity contribution in [3.05, 3.63) is 46.6 Å². The van der Waals surface area contributed by atoms with Gasteiger partial charge in [-0.1, -0.05) is 12.1 Å². The lowest BCUT2D eigenvalue weighted by atomic mass is 10.1. The van der Waals surface area contributed by atoms with Crippen LogP contribution >= 0.6 is 11.3 Å². The van der Waals surface area contributed by atoms with Gasteiger partial charge in [0.15, 0.2) is 4.96 Å². The Kier molecular flexibility index (Phi) is 3.36. The summed E-state index contributed by atoms with van der Waals surface area (Å²) in [6.45, 7) is 4.89. The second-order valence-electron chi connectivity index (χ2n) is 4.80. The van der Waals surface area contributed by atoms with Gasteiger partial charge in [0.1, 0.15) is 5.69 Å². The van der Waals surface area contributed by atoms with Crippen LogP contribution in [0.5, 0.6) is 5.88 Å². The van der Waals surface area contributed by atoms with Gasteiger partial charge >= 0.3 is 0 Å². The van der Waals surface area contributed by atoms with Gasteiger partial charge in [-0.15, -0.1) is 11.3 Å². The average molecular weight is 287 g/mol. The van der Waals surface area contributed by atoms with E-state index >= 15 is 0 Å². The summed E-state index contributed by atoms with van der Waals surface area (Å²) in [5, 5.41) is 5.51. The van der Waals surface area contributed by atoms with Crippen molar-refractivity contribution in [3.8, 4) is 5.88 Å². The van der Waals surface area contributed by atoms with E-state index < -0.39 is 0 Å². The number of hydrogen-bond acceptors (Lipinski definition) is 4. The Morgan fingerprint density at radius 2 is 2.20 bits per heavy atom. The second kappa shape index (κ2) is 5.17. The summed E-state index contributed by atoms with van der Waals surface area (Å²) < 4.78 is 7.44. The van der Waals surface area contributed by atoms with E-state index in [0.29, 0.717) is 12.4 Å². The van der Waals surface area contributed by atoms with Gasteiger partial charge in [0.25, 0.3) is 0 Å². The first kappa shape index (κ1) is 13.0. The molecular weight excluding hydrogens is 270 g/mol. The van der Waals surface area contributed by atoms with Crippen molar-refractivity contribution in [2.24, 2.45) is 0 Å². The van der Waals surface area contributed by atoms with Gasteiger partial charge < -0.3 is 10.1 Å². The molecule has 2 heterocycles. The molecule has 0 aliphatic carbocycles. The molecule has 0 spiro atoms. The molecule has 0 aliphatic rings. The van der Waals surface area contributed by atoms with Crippen LogP contribution < -0.4 is 10.1 Å². The highest BCUT2D eigenvalue weighted by atomic mass is 32.1. The molecule has 0 amide bonds. The minimum atomic E-state index is 0.686. The summed E-state index contributed by atoms with van der Waals surface area (Å²) in [4.78, 5) is 5.42. The van der Waals surface area contributed by atoms with E-state index in [2.05, 4.69) is 46.7 Å². The molecule has 104 valence electrons. The smallest absolute Gasteiger partial charge is 0.238 e. The van der Waals surface area contributed by atoms with Gasteiger partial charge in [-0.25, -0.2) is 0 Å². The van der Waals surface area contributed by atoms with Gasteiger partial charge in [-0.05, 0) is 31.0 Å². The lowest BCUT2D eigenvalue weighted by Crippen LogP contribution is -2.05. The van der Waals surface area contributed by atoms with Crippen molar-refractivity contribution < 1.29 is 4.74 Å². The van der Waals surface area contributed by atoms with E-state index in [4.69, 9.17) is 4.74 Å². The van der Waals surface area contributed by atoms with Crippen LogP contribution in [0.4, 0.5) is 5.69 Å². The van der Waals surface area contributed by atoms with Crippen LogP contribution in [0.2, 0.25) is 0 Å². The third-order valence-electron chi connectivity index (χ3n) is 3.36. The van der Waals surface area contributed by atoms with Crippen molar-refractivity contribution in [1.29, 1.82) is 0 Å². The molecule has 0 aliphatic heterocycles. The molecule has 1 N–H and O–H groups in total. The Bertz CT molecular complexity index is 745. The monoisotopic (exact) mass is 287 g/mol. The summed E-state index contributed by atoms with van der Waals surface area (Å²) in [6.07, 6.45) is 2.02.